The Balaban J connectivity index is 1.60. The Kier molecular flexibility index (Phi) is 4.14. The Hall–Kier alpha value is -3.27. The number of pyridine rings is 1. The van der Waals surface area contributed by atoms with Gasteiger partial charge in [0.05, 0.1) is 5.52 Å². The molecule has 152 valence electrons. The topological polar surface area (TPSA) is 65.2 Å². The number of rotatable bonds is 3. The summed E-state index contributed by atoms with van der Waals surface area (Å²) >= 11 is 1.13. The number of hydrogen-bond donors (Lipinski definition) is 0. The number of aryl methyl sites for hydroxylation is 2. The fraction of sp³-hybridized carbons (Fsp3) is 0.200. The van der Waals surface area contributed by atoms with Crippen LogP contribution in [0.1, 0.15) is 22.6 Å². The molecule has 0 radical (unpaired) electrons. The maximum absolute atomic E-state index is 13.1. The van der Waals surface area contributed by atoms with Crippen LogP contribution in [0.3, 0.4) is 0 Å². The molecule has 0 saturated heterocycles. The van der Waals surface area contributed by atoms with Crippen molar-refractivity contribution in [2.75, 3.05) is 0 Å². The molecule has 10 heteroatoms. The molecule has 0 saturated carbocycles. The van der Waals surface area contributed by atoms with Crippen LogP contribution in [0.4, 0.5) is 13.2 Å². The number of hydrogen-bond acceptors (Lipinski definition) is 6. The summed E-state index contributed by atoms with van der Waals surface area (Å²) in [5, 5.41) is 4.98. The van der Waals surface area contributed by atoms with E-state index < -0.39 is 11.9 Å². The van der Waals surface area contributed by atoms with E-state index >= 15 is 0 Å². The first kappa shape index (κ1) is 18.7. The van der Waals surface area contributed by atoms with E-state index in [1.807, 2.05) is 31.2 Å². The lowest BCUT2D eigenvalue weighted by Crippen LogP contribution is -2.07. The maximum atomic E-state index is 13.1. The Morgan fingerprint density at radius 2 is 1.90 bits per heavy atom. The highest BCUT2D eigenvalue weighted by Gasteiger charge is 2.33. The van der Waals surface area contributed by atoms with Gasteiger partial charge < -0.3 is 4.74 Å². The number of aromatic nitrogens is 5. The lowest BCUT2D eigenvalue weighted by Gasteiger charge is -2.06. The second-order valence-electron chi connectivity index (χ2n) is 6.88. The Morgan fingerprint density at radius 3 is 2.67 bits per heavy atom. The zero-order chi connectivity index (χ0) is 21.0. The van der Waals surface area contributed by atoms with Crippen molar-refractivity contribution in [2.45, 2.75) is 26.6 Å². The van der Waals surface area contributed by atoms with Gasteiger partial charge in [0.2, 0.25) is 0 Å². The lowest BCUT2D eigenvalue weighted by molar-refractivity contribution is -0.141. The van der Waals surface area contributed by atoms with Crippen molar-refractivity contribution >= 4 is 37.4 Å². The van der Waals surface area contributed by atoms with E-state index in [1.54, 1.807) is 6.92 Å². The van der Waals surface area contributed by atoms with Crippen molar-refractivity contribution in [3.8, 4) is 5.75 Å². The molecule has 0 atom stereocenters. The van der Waals surface area contributed by atoms with Crippen molar-refractivity contribution in [3.05, 3.63) is 59.3 Å². The number of para-hydroxylation sites is 1. The molecule has 0 fully saturated rings. The second kappa shape index (κ2) is 6.63. The van der Waals surface area contributed by atoms with Gasteiger partial charge >= 0.3 is 6.18 Å². The SMILES string of the molecule is Cc1ccccc1OCc1nc2c3sc4nc(C(F)(F)F)cc(C)c4c3ncn2n1. The molecule has 0 aliphatic carbocycles. The van der Waals surface area contributed by atoms with Crippen molar-refractivity contribution in [2.24, 2.45) is 0 Å². The number of alkyl halides is 3. The predicted molar refractivity (Wildman–Crippen MR) is 107 cm³/mol. The lowest BCUT2D eigenvalue weighted by atomic mass is 10.1. The predicted octanol–water partition coefficient (Wildman–Crippen LogP) is 5.10. The Labute approximate surface area is 172 Å². The molecule has 4 aromatic heterocycles. The fourth-order valence-electron chi connectivity index (χ4n) is 3.32. The summed E-state index contributed by atoms with van der Waals surface area (Å²) in [6, 6.07) is 8.67. The molecular weight excluding hydrogens is 415 g/mol. The van der Waals surface area contributed by atoms with Gasteiger partial charge in [-0.1, -0.05) is 18.2 Å². The summed E-state index contributed by atoms with van der Waals surface area (Å²) < 4.78 is 47.4. The number of ether oxygens (including phenoxy) is 1. The monoisotopic (exact) mass is 429 g/mol. The summed E-state index contributed by atoms with van der Waals surface area (Å²) in [5.74, 6) is 1.19. The molecule has 0 amide bonds. The minimum Gasteiger partial charge on any atom is -0.485 e. The summed E-state index contributed by atoms with van der Waals surface area (Å²) in [4.78, 5) is 13.0. The van der Waals surface area contributed by atoms with Crippen LogP contribution in [0.25, 0.3) is 26.1 Å². The van der Waals surface area contributed by atoms with Crippen LogP contribution in [-0.2, 0) is 12.8 Å². The number of nitrogens with zero attached hydrogens (tertiary/aromatic N) is 5. The Bertz CT molecular complexity index is 1420. The van der Waals surface area contributed by atoms with E-state index in [0.717, 1.165) is 28.7 Å². The standard InChI is InChI=1S/C20H14F3N5OS/c1-10-5-3-4-6-12(10)29-8-14-26-18-17-16(24-9-28(18)27-14)15-11(2)7-13(20(21,22)23)25-19(15)30-17/h3-7,9H,8H2,1-2H3. The van der Waals surface area contributed by atoms with Crippen molar-refractivity contribution in [3.63, 3.8) is 0 Å². The quantitative estimate of drug-likeness (QED) is 0.399. The van der Waals surface area contributed by atoms with Gasteiger partial charge in [-0.3, -0.25) is 0 Å². The number of benzene rings is 1. The maximum Gasteiger partial charge on any atom is 0.433 e. The molecule has 0 N–H and O–H groups in total. The number of thiophene rings is 1. The second-order valence-corrected chi connectivity index (χ2v) is 7.88. The van der Waals surface area contributed by atoms with E-state index in [2.05, 4.69) is 20.1 Å². The highest BCUT2D eigenvalue weighted by Crippen LogP contribution is 2.38. The van der Waals surface area contributed by atoms with E-state index in [4.69, 9.17) is 4.74 Å². The summed E-state index contributed by atoms with van der Waals surface area (Å²) in [6.07, 6.45) is -3.00. The van der Waals surface area contributed by atoms with Gasteiger partial charge in [-0.05, 0) is 37.1 Å². The molecule has 0 aliphatic rings. The molecule has 5 aromatic rings. The molecular formula is C20H14F3N5OS. The zero-order valence-corrected chi connectivity index (χ0v) is 16.7. The largest absolute Gasteiger partial charge is 0.485 e. The zero-order valence-electron chi connectivity index (χ0n) is 15.9. The minimum atomic E-state index is -4.51. The highest BCUT2D eigenvalue weighted by molar-refractivity contribution is 7.26. The first-order valence-corrected chi connectivity index (χ1v) is 9.82. The summed E-state index contributed by atoms with van der Waals surface area (Å²) in [6.45, 7) is 3.73. The van der Waals surface area contributed by atoms with Crippen molar-refractivity contribution in [1.82, 2.24) is 24.6 Å². The number of halogens is 3. The van der Waals surface area contributed by atoms with Crippen LogP contribution in [0.15, 0.2) is 36.7 Å². The van der Waals surface area contributed by atoms with Crippen LogP contribution < -0.4 is 4.74 Å². The van der Waals surface area contributed by atoms with Gasteiger partial charge in [0, 0.05) is 5.39 Å². The number of fused-ring (bicyclic) bond motifs is 5. The third-order valence-electron chi connectivity index (χ3n) is 4.75. The van der Waals surface area contributed by atoms with Gasteiger partial charge in [0.1, 0.15) is 33.9 Å². The average molecular weight is 429 g/mol. The van der Waals surface area contributed by atoms with Crippen LogP contribution in [0.5, 0.6) is 5.75 Å². The molecule has 30 heavy (non-hydrogen) atoms. The van der Waals surface area contributed by atoms with E-state index in [0.29, 0.717) is 32.6 Å². The minimum absolute atomic E-state index is 0.161. The molecule has 0 bridgehead atoms. The summed E-state index contributed by atoms with van der Waals surface area (Å²) in [5.41, 5.74) is 1.64. The van der Waals surface area contributed by atoms with Gasteiger partial charge in [0.15, 0.2) is 11.5 Å². The molecule has 0 spiro atoms. The average Bonchev–Trinajstić information content (AvgIpc) is 3.27. The van der Waals surface area contributed by atoms with Crippen LogP contribution >= 0.6 is 11.3 Å². The van der Waals surface area contributed by atoms with Gasteiger partial charge in [0.25, 0.3) is 0 Å². The first-order chi connectivity index (χ1) is 14.3. The van der Waals surface area contributed by atoms with E-state index in [-0.39, 0.29) is 11.4 Å². The van der Waals surface area contributed by atoms with Gasteiger partial charge in [-0.2, -0.15) is 13.2 Å². The van der Waals surface area contributed by atoms with Crippen LogP contribution in [0.2, 0.25) is 0 Å². The Morgan fingerprint density at radius 1 is 1.10 bits per heavy atom. The first-order valence-electron chi connectivity index (χ1n) is 9.01. The molecule has 6 nitrogen and oxygen atoms in total. The van der Waals surface area contributed by atoms with Gasteiger partial charge in [-0.15, -0.1) is 16.4 Å². The van der Waals surface area contributed by atoms with Gasteiger partial charge in [-0.25, -0.2) is 19.5 Å². The molecule has 5 rings (SSSR count). The normalized spacial score (nSPS) is 12.3. The molecule has 0 unspecified atom stereocenters. The van der Waals surface area contributed by atoms with Crippen LogP contribution in [-0.4, -0.2) is 24.6 Å². The van der Waals surface area contributed by atoms with Crippen molar-refractivity contribution < 1.29 is 17.9 Å². The molecule has 4 heterocycles. The van der Waals surface area contributed by atoms with E-state index in [1.165, 1.54) is 10.8 Å². The van der Waals surface area contributed by atoms with E-state index in [9.17, 15) is 13.2 Å². The van der Waals surface area contributed by atoms with Crippen LogP contribution in [0, 0.1) is 13.8 Å². The third kappa shape index (κ3) is 3.04. The fourth-order valence-corrected chi connectivity index (χ4v) is 4.50. The third-order valence-corrected chi connectivity index (χ3v) is 5.82. The molecule has 1 aromatic carbocycles. The van der Waals surface area contributed by atoms with Crippen molar-refractivity contribution in [1.29, 1.82) is 0 Å². The smallest absolute Gasteiger partial charge is 0.433 e. The highest BCUT2D eigenvalue weighted by atomic mass is 32.1. The molecule has 0 aliphatic heterocycles. The summed E-state index contributed by atoms with van der Waals surface area (Å²) in [7, 11) is 0.